The molecule has 1 aromatic heterocycles. The first-order chi connectivity index (χ1) is 9.16. The van der Waals surface area contributed by atoms with E-state index in [1.807, 2.05) is 18.2 Å². The third kappa shape index (κ3) is 4.50. The number of hydrogen-bond donors (Lipinski definition) is 1. The van der Waals surface area contributed by atoms with Crippen LogP contribution in [-0.4, -0.2) is 6.04 Å². The summed E-state index contributed by atoms with van der Waals surface area (Å²) in [4.78, 5) is 1.42. The Kier molecular flexibility index (Phi) is 5.71. The van der Waals surface area contributed by atoms with Crippen molar-refractivity contribution in [3.8, 4) is 0 Å². The molecule has 0 amide bonds. The summed E-state index contributed by atoms with van der Waals surface area (Å²) in [6, 6.07) is 9.95. The molecule has 0 bridgehead atoms. The van der Waals surface area contributed by atoms with Crippen LogP contribution in [0.15, 0.2) is 35.7 Å². The van der Waals surface area contributed by atoms with E-state index in [1.165, 1.54) is 4.88 Å². The number of hydrogen-bond acceptors (Lipinski definition) is 2. The predicted molar refractivity (Wildman–Crippen MR) is 85.4 cm³/mol. The van der Waals surface area contributed by atoms with Crippen molar-refractivity contribution in [3.63, 3.8) is 0 Å². The number of thiophene rings is 1. The normalized spacial score (nSPS) is 12.6. The smallest absolute Gasteiger partial charge is 0.0453 e. The van der Waals surface area contributed by atoms with Gasteiger partial charge in [-0.3, -0.25) is 0 Å². The van der Waals surface area contributed by atoms with E-state index in [0.29, 0.717) is 10.0 Å². The topological polar surface area (TPSA) is 26.0 Å². The van der Waals surface area contributed by atoms with Gasteiger partial charge in [0.25, 0.3) is 0 Å². The maximum atomic E-state index is 6.17. The van der Waals surface area contributed by atoms with E-state index in [2.05, 4.69) is 17.5 Å². The zero-order valence-corrected chi connectivity index (χ0v) is 12.9. The van der Waals surface area contributed by atoms with E-state index in [9.17, 15) is 0 Å². The predicted octanol–water partition coefficient (Wildman–Crippen LogP) is 4.95. The molecular weight excluding hydrogens is 297 g/mol. The molecule has 0 aliphatic rings. The van der Waals surface area contributed by atoms with Crippen molar-refractivity contribution in [2.75, 3.05) is 0 Å². The Morgan fingerprint density at radius 2 is 1.84 bits per heavy atom. The summed E-state index contributed by atoms with van der Waals surface area (Å²) in [6.45, 7) is 0. The van der Waals surface area contributed by atoms with Gasteiger partial charge in [0.15, 0.2) is 0 Å². The average Bonchev–Trinajstić information content (AvgIpc) is 2.87. The second-order valence-electron chi connectivity index (χ2n) is 4.64. The zero-order valence-electron chi connectivity index (χ0n) is 10.6. The summed E-state index contributed by atoms with van der Waals surface area (Å²) in [5.41, 5.74) is 7.14. The van der Waals surface area contributed by atoms with Crippen LogP contribution in [0.25, 0.3) is 0 Å². The van der Waals surface area contributed by atoms with E-state index in [-0.39, 0.29) is 6.04 Å². The lowest BCUT2D eigenvalue weighted by Gasteiger charge is -2.13. The Hall–Kier alpha value is -0.540. The van der Waals surface area contributed by atoms with Gasteiger partial charge in [-0.05, 0) is 54.8 Å². The quantitative estimate of drug-likeness (QED) is 0.802. The maximum absolute atomic E-state index is 6.17. The van der Waals surface area contributed by atoms with Crippen LogP contribution >= 0.6 is 34.5 Å². The molecular formula is C15H17Cl2NS. The summed E-state index contributed by atoms with van der Waals surface area (Å²) < 4.78 is 0. The molecule has 4 heteroatoms. The number of benzene rings is 1. The van der Waals surface area contributed by atoms with Crippen LogP contribution in [0.2, 0.25) is 10.0 Å². The number of rotatable bonds is 6. The molecule has 2 rings (SSSR count). The highest BCUT2D eigenvalue weighted by Gasteiger charge is 2.10. The fraction of sp³-hybridized carbons (Fsp3) is 0.333. The van der Waals surface area contributed by atoms with E-state index in [0.717, 1.165) is 31.2 Å². The van der Waals surface area contributed by atoms with Gasteiger partial charge in [0.05, 0.1) is 0 Å². The van der Waals surface area contributed by atoms with E-state index in [1.54, 1.807) is 11.3 Å². The van der Waals surface area contributed by atoms with Gasteiger partial charge in [-0.25, -0.2) is 0 Å². The maximum Gasteiger partial charge on any atom is 0.0453 e. The Balaban J connectivity index is 1.82. The van der Waals surface area contributed by atoms with Crippen molar-refractivity contribution in [3.05, 3.63) is 56.2 Å². The van der Waals surface area contributed by atoms with Gasteiger partial charge in [0.2, 0.25) is 0 Å². The molecule has 0 radical (unpaired) electrons. The zero-order chi connectivity index (χ0) is 13.7. The minimum atomic E-state index is 0.109. The van der Waals surface area contributed by atoms with Crippen LogP contribution in [0.4, 0.5) is 0 Å². The van der Waals surface area contributed by atoms with Crippen LogP contribution in [0, 0.1) is 0 Å². The second kappa shape index (κ2) is 7.30. The van der Waals surface area contributed by atoms with Gasteiger partial charge >= 0.3 is 0 Å². The monoisotopic (exact) mass is 313 g/mol. The Morgan fingerprint density at radius 3 is 2.47 bits per heavy atom. The molecule has 0 aliphatic carbocycles. The molecule has 102 valence electrons. The molecule has 1 nitrogen and oxygen atoms in total. The fourth-order valence-electron chi connectivity index (χ4n) is 2.08. The van der Waals surface area contributed by atoms with Crippen molar-refractivity contribution in [2.24, 2.45) is 5.73 Å². The third-order valence-electron chi connectivity index (χ3n) is 3.11. The molecule has 1 unspecified atom stereocenters. The molecule has 19 heavy (non-hydrogen) atoms. The van der Waals surface area contributed by atoms with Crippen LogP contribution in [0.3, 0.4) is 0 Å². The van der Waals surface area contributed by atoms with Gasteiger partial charge in [-0.2, -0.15) is 0 Å². The lowest BCUT2D eigenvalue weighted by atomic mass is 10.0. The lowest BCUT2D eigenvalue weighted by Crippen LogP contribution is -2.23. The molecule has 0 saturated heterocycles. The van der Waals surface area contributed by atoms with Crippen LogP contribution in [0.5, 0.6) is 0 Å². The Bertz CT molecular complexity index is 491. The molecule has 0 spiro atoms. The van der Waals surface area contributed by atoms with Gasteiger partial charge in [0, 0.05) is 21.0 Å². The first kappa shape index (κ1) is 14.9. The summed E-state index contributed by atoms with van der Waals surface area (Å²) in [5.74, 6) is 0. The first-order valence-corrected chi connectivity index (χ1v) is 8.01. The van der Waals surface area contributed by atoms with E-state index < -0.39 is 0 Å². The standard InChI is InChI=1S/C15H17Cl2NS/c16-14-7-2-8-15(17)13(14)10-11(18)4-1-5-12-6-3-9-19-12/h2-3,6-9,11H,1,4-5,10,18H2. The summed E-state index contributed by atoms with van der Waals surface area (Å²) in [7, 11) is 0. The third-order valence-corrected chi connectivity index (χ3v) is 4.75. The van der Waals surface area contributed by atoms with Crippen molar-refractivity contribution in [2.45, 2.75) is 31.7 Å². The van der Waals surface area contributed by atoms with Crippen LogP contribution in [0.1, 0.15) is 23.3 Å². The second-order valence-corrected chi connectivity index (χ2v) is 6.48. The molecule has 1 aromatic carbocycles. The number of halogens is 2. The summed E-state index contributed by atoms with van der Waals surface area (Å²) in [6.07, 6.45) is 3.92. The van der Waals surface area contributed by atoms with Gasteiger partial charge in [-0.1, -0.05) is 35.3 Å². The summed E-state index contributed by atoms with van der Waals surface area (Å²) in [5, 5.41) is 3.53. The number of nitrogens with two attached hydrogens (primary N) is 1. The Labute approximate surface area is 128 Å². The van der Waals surface area contributed by atoms with Gasteiger partial charge in [0.1, 0.15) is 0 Å². The lowest BCUT2D eigenvalue weighted by molar-refractivity contribution is 0.582. The molecule has 1 heterocycles. The van der Waals surface area contributed by atoms with E-state index >= 15 is 0 Å². The van der Waals surface area contributed by atoms with Crippen molar-refractivity contribution >= 4 is 34.5 Å². The van der Waals surface area contributed by atoms with Gasteiger partial charge < -0.3 is 5.73 Å². The summed E-state index contributed by atoms with van der Waals surface area (Å²) >= 11 is 14.1. The van der Waals surface area contributed by atoms with Crippen molar-refractivity contribution < 1.29 is 0 Å². The molecule has 0 fully saturated rings. The minimum absolute atomic E-state index is 0.109. The van der Waals surface area contributed by atoms with Crippen LogP contribution in [-0.2, 0) is 12.8 Å². The largest absolute Gasteiger partial charge is 0.327 e. The Morgan fingerprint density at radius 1 is 1.11 bits per heavy atom. The van der Waals surface area contributed by atoms with Crippen molar-refractivity contribution in [1.82, 2.24) is 0 Å². The van der Waals surface area contributed by atoms with Gasteiger partial charge in [-0.15, -0.1) is 11.3 Å². The number of aryl methyl sites for hydroxylation is 1. The molecule has 0 saturated carbocycles. The SMILES string of the molecule is NC(CCCc1cccs1)Cc1c(Cl)cccc1Cl. The molecule has 2 N–H and O–H groups in total. The van der Waals surface area contributed by atoms with E-state index in [4.69, 9.17) is 28.9 Å². The molecule has 1 atom stereocenters. The highest BCUT2D eigenvalue weighted by atomic mass is 35.5. The molecule has 0 aliphatic heterocycles. The highest BCUT2D eigenvalue weighted by Crippen LogP contribution is 2.26. The first-order valence-electron chi connectivity index (χ1n) is 6.37. The van der Waals surface area contributed by atoms with Crippen LogP contribution < -0.4 is 5.73 Å². The molecule has 2 aromatic rings. The fourth-order valence-corrected chi connectivity index (χ4v) is 3.39. The minimum Gasteiger partial charge on any atom is -0.327 e. The van der Waals surface area contributed by atoms with Crippen molar-refractivity contribution in [1.29, 1.82) is 0 Å². The highest BCUT2D eigenvalue weighted by molar-refractivity contribution is 7.09. The average molecular weight is 314 g/mol.